The molecular formula is C16H24N2O. The highest BCUT2D eigenvalue weighted by molar-refractivity contribution is 5.36. The summed E-state index contributed by atoms with van der Waals surface area (Å²) >= 11 is 0. The molecule has 3 rings (SSSR count). The Morgan fingerprint density at radius 3 is 2.53 bits per heavy atom. The van der Waals surface area contributed by atoms with Gasteiger partial charge in [-0.25, -0.2) is 0 Å². The number of hydrogen-bond donors (Lipinski definition) is 1. The Hall–Kier alpha value is -1.06. The summed E-state index contributed by atoms with van der Waals surface area (Å²) in [6.07, 6.45) is 5.00. The molecule has 0 amide bonds. The lowest BCUT2D eigenvalue weighted by Crippen LogP contribution is -2.46. The second kappa shape index (κ2) is 5.14. The van der Waals surface area contributed by atoms with Crippen molar-refractivity contribution in [1.82, 2.24) is 4.90 Å². The minimum absolute atomic E-state index is 0.423. The maximum absolute atomic E-state index is 6.13. The third-order valence-corrected chi connectivity index (χ3v) is 4.75. The highest BCUT2D eigenvalue weighted by atomic mass is 16.5. The molecule has 2 atom stereocenters. The average Bonchev–Trinajstić information content (AvgIpc) is 2.62. The van der Waals surface area contributed by atoms with Crippen LogP contribution in [0, 0.1) is 6.92 Å². The third kappa shape index (κ3) is 2.49. The van der Waals surface area contributed by atoms with E-state index in [9.17, 15) is 0 Å². The van der Waals surface area contributed by atoms with Crippen molar-refractivity contribution >= 4 is 0 Å². The lowest BCUT2D eigenvalue weighted by atomic mass is 9.97. The monoisotopic (exact) mass is 260 g/mol. The number of piperidine rings is 1. The van der Waals surface area contributed by atoms with Crippen LogP contribution in [0.2, 0.25) is 0 Å². The molecule has 0 aromatic heterocycles. The van der Waals surface area contributed by atoms with Crippen LogP contribution in [0.1, 0.15) is 36.8 Å². The second-order valence-electron chi connectivity index (χ2n) is 6.09. The first kappa shape index (κ1) is 12.9. The van der Waals surface area contributed by atoms with Crippen LogP contribution >= 0.6 is 0 Å². The fourth-order valence-electron chi connectivity index (χ4n) is 3.82. The first-order valence-corrected chi connectivity index (χ1v) is 7.32. The Kier molecular flexibility index (Phi) is 3.50. The van der Waals surface area contributed by atoms with Crippen molar-refractivity contribution in [2.24, 2.45) is 5.73 Å². The van der Waals surface area contributed by atoms with Gasteiger partial charge in [0.15, 0.2) is 0 Å². The number of fused-ring (bicyclic) bond motifs is 2. The largest absolute Gasteiger partial charge is 0.496 e. The SMILES string of the molecule is COc1ccc(CN2C3CCC2CC(N)C3)cc1C. The van der Waals surface area contributed by atoms with E-state index in [1.807, 2.05) is 0 Å². The zero-order chi connectivity index (χ0) is 13.4. The summed E-state index contributed by atoms with van der Waals surface area (Å²) in [5.41, 5.74) is 8.75. The fraction of sp³-hybridized carbons (Fsp3) is 0.625. The maximum Gasteiger partial charge on any atom is 0.121 e. The van der Waals surface area contributed by atoms with Crippen LogP contribution in [0.3, 0.4) is 0 Å². The van der Waals surface area contributed by atoms with Gasteiger partial charge in [-0.2, -0.15) is 0 Å². The lowest BCUT2D eigenvalue weighted by Gasteiger charge is -2.37. The van der Waals surface area contributed by atoms with Crippen LogP contribution in [0.5, 0.6) is 5.75 Å². The van der Waals surface area contributed by atoms with Crippen molar-refractivity contribution in [3.05, 3.63) is 29.3 Å². The minimum Gasteiger partial charge on any atom is -0.496 e. The normalized spacial score (nSPS) is 30.6. The molecule has 2 aliphatic heterocycles. The number of nitrogens with two attached hydrogens (primary N) is 1. The molecule has 2 unspecified atom stereocenters. The van der Waals surface area contributed by atoms with Gasteiger partial charge in [0, 0.05) is 24.7 Å². The molecular weight excluding hydrogens is 236 g/mol. The molecule has 2 fully saturated rings. The standard InChI is InChI=1S/C16H24N2O/c1-11-7-12(3-6-16(11)19-2)10-18-14-4-5-15(18)9-13(17)8-14/h3,6-7,13-15H,4-5,8-10,17H2,1-2H3. The van der Waals surface area contributed by atoms with Crippen LogP contribution < -0.4 is 10.5 Å². The summed E-state index contributed by atoms with van der Waals surface area (Å²) in [5.74, 6) is 0.979. The molecule has 104 valence electrons. The molecule has 19 heavy (non-hydrogen) atoms. The van der Waals surface area contributed by atoms with Gasteiger partial charge in [0.2, 0.25) is 0 Å². The molecule has 1 aromatic carbocycles. The van der Waals surface area contributed by atoms with Gasteiger partial charge in [0.25, 0.3) is 0 Å². The number of nitrogens with zero attached hydrogens (tertiary/aromatic N) is 1. The Morgan fingerprint density at radius 1 is 1.26 bits per heavy atom. The smallest absolute Gasteiger partial charge is 0.121 e. The maximum atomic E-state index is 6.13. The first-order valence-electron chi connectivity index (χ1n) is 7.32. The molecule has 2 saturated heterocycles. The number of aryl methyl sites for hydroxylation is 1. The third-order valence-electron chi connectivity index (χ3n) is 4.75. The molecule has 2 aliphatic rings. The van der Waals surface area contributed by atoms with E-state index in [1.54, 1.807) is 7.11 Å². The summed E-state index contributed by atoms with van der Waals surface area (Å²) < 4.78 is 5.33. The first-order chi connectivity index (χ1) is 9.17. The topological polar surface area (TPSA) is 38.5 Å². The summed E-state index contributed by atoms with van der Waals surface area (Å²) in [5, 5.41) is 0. The molecule has 2 bridgehead atoms. The Morgan fingerprint density at radius 2 is 1.95 bits per heavy atom. The van der Waals surface area contributed by atoms with E-state index < -0.39 is 0 Å². The van der Waals surface area contributed by atoms with Crippen molar-refractivity contribution in [3.8, 4) is 5.75 Å². The minimum atomic E-state index is 0.423. The molecule has 2 heterocycles. The summed E-state index contributed by atoms with van der Waals surface area (Å²) in [7, 11) is 1.73. The molecule has 0 saturated carbocycles. The van der Waals surface area contributed by atoms with Gasteiger partial charge in [-0.1, -0.05) is 12.1 Å². The van der Waals surface area contributed by atoms with Crippen LogP contribution in [0.25, 0.3) is 0 Å². The van der Waals surface area contributed by atoms with E-state index in [1.165, 1.54) is 36.8 Å². The molecule has 1 aromatic rings. The Labute approximate surface area is 115 Å². The Bertz CT molecular complexity index is 446. The zero-order valence-electron chi connectivity index (χ0n) is 11.9. The highest BCUT2D eigenvalue weighted by Gasteiger charge is 2.39. The van der Waals surface area contributed by atoms with E-state index in [2.05, 4.69) is 30.0 Å². The van der Waals surface area contributed by atoms with Gasteiger partial charge in [-0.3, -0.25) is 4.90 Å². The second-order valence-corrected chi connectivity index (χ2v) is 6.09. The summed E-state index contributed by atoms with van der Waals surface area (Å²) in [6.45, 7) is 3.18. The highest BCUT2D eigenvalue weighted by Crippen LogP contribution is 2.36. The summed E-state index contributed by atoms with van der Waals surface area (Å²) in [4.78, 5) is 2.67. The van der Waals surface area contributed by atoms with Crippen molar-refractivity contribution in [2.75, 3.05) is 7.11 Å². The average molecular weight is 260 g/mol. The van der Waals surface area contributed by atoms with Crippen LogP contribution in [-0.2, 0) is 6.54 Å². The van der Waals surface area contributed by atoms with E-state index in [4.69, 9.17) is 10.5 Å². The van der Waals surface area contributed by atoms with E-state index in [0.29, 0.717) is 18.1 Å². The molecule has 3 heteroatoms. The predicted octanol–water partition coefficient (Wildman–Crippen LogP) is 2.46. The Balaban J connectivity index is 1.73. The number of methoxy groups -OCH3 is 1. The molecule has 3 nitrogen and oxygen atoms in total. The number of ether oxygens (including phenoxy) is 1. The van der Waals surface area contributed by atoms with Gasteiger partial charge in [-0.05, 0) is 49.8 Å². The molecule has 0 spiro atoms. The van der Waals surface area contributed by atoms with E-state index in [-0.39, 0.29) is 0 Å². The van der Waals surface area contributed by atoms with Gasteiger partial charge >= 0.3 is 0 Å². The van der Waals surface area contributed by atoms with Crippen LogP contribution in [0.4, 0.5) is 0 Å². The van der Waals surface area contributed by atoms with Crippen molar-refractivity contribution < 1.29 is 4.74 Å². The van der Waals surface area contributed by atoms with E-state index in [0.717, 1.165) is 12.3 Å². The molecule has 2 N–H and O–H groups in total. The predicted molar refractivity (Wildman–Crippen MR) is 77.3 cm³/mol. The summed E-state index contributed by atoms with van der Waals surface area (Å²) in [6, 6.07) is 8.37. The van der Waals surface area contributed by atoms with E-state index >= 15 is 0 Å². The van der Waals surface area contributed by atoms with Crippen molar-refractivity contribution in [1.29, 1.82) is 0 Å². The fourth-order valence-corrected chi connectivity index (χ4v) is 3.82. The number of rotatable bonds is 3. The van der Waals surface area contributed by atoms with Gasteiger partial charge in [0.1, 0.15) is 5.75 Å². The van der Waals surface area contributed by atoms with Gasteiger partial charge < -0.3 is 10.5 Å². The van der Waals surface area contributed by atoms with Crippen molar-refractivity contribution in [2.45, 2.75) is 57.3 Å². The van der Waals surface area contributed by atoms with Gasteiger partial charge in [-0.15, -0.1) is 0 Å². The molecule has 0 aliphatic carbocycles. The van der Waals surface area contributed by atoms with Gasteiger partial charge in [0.05, 0.1) is 7.11 Å². The quantitative estimate of drug-likeness (QED) is 0.907. The number of benzene rings is 1. The lowest BCUT2D eigenvalue weighted by molar-refractivity contribution is 0.120. The van der Waals surface area contributed by atoms with Crippen molar-refractivity contribution in [3.63, 3.8) is 0 Å². The zero-order valence-corrected chi connectivity index (χ0v) is 11.9. The van der Waals surface area contributed by atoms with Crippen LogP contribution in [-0.4, -0.2) is 30.1 Å². The molecule has 0 radical (unpaired) electrons. The van der Waals surface area contributed by atoms with Crippen LogP contribution in [0.15, 0.2) is 18.2 Å². The number of hydrogen-bond acceptors (Lipinski definition) is 3.